The average Bonchev–Trinajstić information content (AvgIpc) is 2.96. The van der Waals surface area contributed by atoms with E-state index in [0.717, 1.165) is 5.56 Å². The van der Waals surface area contributed by atoms with Gasteiger partial charge in [-0.3, -0.25) is 4.79 Å². The van der Waals surface area contributed by atoms with E-state index >= 15 is 0 Å². The molecule has 1 aromatic rings. The molecule has 1 heterocycles. The lowest BCUT2D eigenvalue weighted by molar-refractivity contribution is -0.139. The Morgan fingerprint density at radius 1 is 1.56 bits per heavy atom. The first-order chi connectivity index (χ1) is 7.63. The lowest BCUT2D eigenvalue weighted by Crippen LogP contribution is -2.24. The number of rotatable bonds is 1. The van der Waals surface area contributed by atoms with Gasteiger partial charge in [0.2, 0.25) is 0 Å². The van der Waals surface area contributed by atoms with Crippen molar-refractivity contribution in [3.05, 3.63) is 29.6 Å². The van der Waals surface area contributed by atoms with Gasteiger partial charge in [-0.05, 0) is 31.0 Å². The van der Waals surface area contributed by atoms with Gasteiger partial charge in [0.15, 0.2) is 0 Å². The number of benzene rings is 1. The van der Waals surface area contributed by atoms with Crippen LogP contribution in [0.2, 0.25) is 0 Å². The van der Waals surface area contributed by atoms with Crippen LogP contribution in [0.25, 0.3) is 0 Å². The summed E-state index contributed by atoms with van der Waals surface area (Å²) in [6.07, 6.45) is 1.27. The molecule has 0 amide bonds. The van der Waals surface area contributed by atoms with Crippen LogP contribution in [0.3, 0.4) is 0 Å². The molecule has 3 nitrogen and oxygen atoms in total. The molecule has 0 saturated heterocycles. The maximum atomic E-state index is 13.2. The summed E-state index contributed by atoms with van der Waals surface area (Å²) in [7, 11) is 0. The molecule has 1 aliphatic carbocycles. The Morgan fingerprint density at radius 2 is 2.38 bits per heavy atom. The maximum absolute atomic E-state index is 13.2. The molecular formula is C12H11FO3. The molecule has 1 saturated carbocycles. The maximum Gasteiger partial charge on any atom is 0.307 e. The largest absolute Gasteiger partial charge is 0.493 e. The number of carboxylic acids is 1. The van der Waals surface area contributed by atoms with Crippen LogP contribution in [0.5, 0.6) is 5.75 Å². The van der Waals surface area contributed by atoms with Gasteiger partial charge in [0, 0.05) is 11.0 Å². The van der Waals surface area contributed by atoms with Crippen molar-refractivity contribution in [3.63, 3.8) is 0 Å². The summed E-state index contributed by atoms with van der Waals surface area (Å²) in [5.41, 5.74) is 0.354. The second kappa shape index (κ2) is 2.97. The van der Waals surface area contributed by atoms with Crippen molar-refractivity contribution in [1.82, 2.24) is 0 Å². The fourth-order valence-electron chi connectivity index (χ4n) is 2.70. The van der Waals surface area contributed by atoms with Crippen molar-refractivity contribution < 1.29 is 19.0 Å². The standard InChI is InChI=1S/C12H11FO3/c13-7-1-2-10-8(5-7)12(3-4-16-10)6-9(12)11(14)15/h1-2,5,9H,3-4,6H2,(H,14,15)/t9-,12-/m1/s1. The van der Waals surface area contributed by atoms with Gasteiger partial charge in [0.25, 0.3) is 0 Å². The monoisotopic (exact) mass is 222 g/mol. The molecule has 2 atom stereocenters. The molecule has 4 heteroatoms. The van der Waals surface area contributed by atoms with E-state index in [1.807, 2.05) is 0 Å². The van der Waals surface area contributed by atoms with Gasteiger partial charge in [-0.15, -0.1) is 0 Å². The normalized spacial score (nSPS) is 30.7. The van der Waals surface area contributed by atoms with E-state index in [9.17, 15) is 9.18 Å². The quantitative estimate of drug-likeness (QED) is 0.790. The van der Waals surface area contributed by atoms with E-state index in [4.69, 9.17) is 9.84 Å². The van der Waals surface area contributed by atoms with Crippen molar-refractivity contribution in [1.29, 1.82) is 0 Å². The highest BCUT2D eigenvalue weighted by Crippen LogP contribution is 2.60. The number of fused-ring (bicyclic) bond motifs is 2. The first-order valence-electron chi connectivity index (χ1n) is 5.29. The van der Waals surface area contributed by atoms with Crippen LogP contribution < -0.4 is 4.74 Å². The minimum absolute atomic E-state index is 0.334. The van der Waals surface area contributed by atoms with Gasteiger partial charge in [-0.2, -0.15) is 0 Å². The number of carboxylic acid groups (broad SMARTS) is 1. The van der Waals surface area contributed by atoms with Crippen LogP contribution in [-0.4, -0.2) is 17.7 Å². The Bertz CT molecular complexity index is 471. The van der Waals surface area contributed by atoms with Crippen LogP contribution >= 0.6 is 0 Å². The Morgan fingerprint density at radius 3 is 3.06 bits per heavy atom. The number of hydrogen-bond donors (Lipinski definition) is 1. The highest BCUT2D eigenvalue weighted by molar-refractivity contribution is 5.78. The zero-order valence-electron chi connectivity index (χ0n) is 8.57. The molecule has 1 aromatic carbocycles. The van der Waals surface area contributed by atoms with Gasteiger partial charge >= 0.3 is 5.97 Å². The molecule has 2 aliphatic rings. The zero-order valence-corrected chi connectivity index (χ0v) is 8.57. The van der Waals surface area contributed by atoms with Gasteiger partial charge in [-0.25, -0.2) is 4.39 Å². The SMILES string of the molecule is O=C(O)[C@H]1C[C@@]12CCOc1ccc(F)cc12. The summed E-state index contributed by atoms with van der Waals surface area (Å²) in [5, 5.41) is 9.03. The highest BCUT2D eigenvalue weighted by atomic mass is 19.1. The minimum Gasteiger partial charge on any atom is -0.493 e. The number of halogens is 1. The number of aliphatic carboxylic acids is 1. The Balaban J connectivity index is 2.07. The van der Waals surface area contributed by atoms with Crippen molar-refractivity contribution >= 4 is 5.97 Å². The molecule has 1 fully saturated rings. The summed E-state index contributed by atoms with van der Waals surface area (Å²) in [4.78, 5) is 11.0. The number of ether oxygens (including phenoxy) is 1. The predicted octanol–water partition coefficient (Wildman–Crippen LogP) is 1.95. The molecule has 0 unspecified atom stereocenters. The van der Waals surface area contributed by atoms with Gasteiger partial charge in [0.05, 0.1) is 12.5 Å². The van der Waals surface area contributed by atoms with E-state index in [1.54, 1.807) is 6.07 Å². The summed E-state index contributed by atoms with van der Waals surface area (Å²) in [5.74, 6) is -0.870. The molecule has 16 heavy (non-hydrogen) atoms. The lowest BCUT2D eigenvalue weighted by Gasteiger charge is -2.26. The summed E-state index contributed by atoms with van der Waals surface area (Å²) in [6, 6.07) is 4.34. The fraction of sp³-hybridized carbons (Fsp3) is 0.417. The van der Waals surface area contributed by atoms with Crippen LogP contribution in [0, 0.1) is 11.7 Å². The van der Waals surface area contributed by atoms with E-state index < -0.39 is 5.97 Å². The molecule has 0 bridgehead atoms. The van der Waals surface area contributed by atoms with Crippen molar-refractivity contribution in [2.75, 3.05) is 6.61 Å². The van der Waals surface area contributed by atoms with Crippen molar-refractivity contribution in [2.45, 2.75) is 18.3 Å². The Hall–Kier alpha value is -1.58. The lowest BCUT2D eigenvalue weighted by atomic mass is 9.87. The Kier molecular flexibility index (Phi) is 1.79. The smallest absolute Gasteiger partial charge is 0.307 e. The van der Waals surface area contributed by atoms with Gasteiger partial charge < -0.3 is 9.84 Å². The fourth-order valence-corrected chi connectivity index (χ4v) is 2.70. The third-order valence-corrected chi connectivity index (χ3v) is 3.66. The summed E-state index contributed by atoms with van der Waals surface area (Å²) < 4.78 is 18.6. The van der Waals surface area contributed by atoms with Crippen molar-refractivity contribution in [3.8, 4) is 5.75 Å². The van der Waals surface area contributed by atoms with Crippen LogP contribution in [0.4, 0.5) is 4.39 Å². The first-order valence-corrected chi connectivity index (χ1v) is 5.29. The van der Waals surface area contributed by atoms with Crippen LogP contribution in [0.1, 0.15) is 18.4 Å². The van der Waals surface area contributed by atoms with E-state index in [0.29, 0.717) is 25.2 Å². The van der Waals surface area contributed by atoms with E-state index in [-0.39, 0.29) is 17.2 Å². The number of carbonyl (C=O) groups is 1. The van der Waals surface area contributed by atoms with Crippen molar-refractivity contribution in [2.24, 2.45) is 5.92 Å². The molecule has 0 radical (unpaired) electrons. The topological polar surface area (TPSA) is 46.5 Å². The second-order valence-corrected chi connectivity index (χ2v) is 4.49. The van der Waals surface area contributed by atoms with Gasteiger partial charge in [-0.1, -0.05) is 0 Å². The highest BCUT2D eigenvalue weighted by Gasteiger charge is 2.61. The predicted molar refractivity (Wildman–Crippen MR) is 53.9 cm³/mol. The molecule has 3 rings (SSSR count). The molecular weight excluding hydrogens is 211 g/mol. The van der Waals surface area contributed by atoms with Gasteiger partial charge in [0.1, 0.15) is 11.6 Å². The van der Waals surface area contributed by atoms with E-state index in [2.05, 4.69) is 0 Å². The molecule has 0 aromatic heterocycles. The van der Waals surface area contributed by atoms with Crippen LogP contribution in [0.15, 0.2) is 18.2 Å². The molecule has 1 spiro atoms. The third-order valence-electron chi connectivity index (χ3n) is 3.66. The zero-order chi connectivity index (χ0) is 11.3. The minimum atomic E-state index is -0.794. The number of hydrogen-bond acceptors (Lipinski definition) is 2. The Labute approximate surface area is 91.8 Å². The third kappa shape index (κ3) is 1.16. The summed E-state index contributed by atoms with van der Waals surface area (Å²) in [6.45, 7) is 0.516. The van der Waals surface area contributed by atoms with Crippen LogP contribution in [-0.2, 0) is 10.2 Å². The molecule has 1 aliphatic heterocycles. The molecule has 1 N–H and O–H groups in total. The van der Waals surface area contributed by atoms with E-state index in [1.165, 1.54) is 12.1 Å². The summed E-state index contributed by atoms with van der Waals surface area (Å²) >= 11 is 0. The second-order valence-electron chi connectivity index (χ2n) is 4.49. The molecule has 84 valence electrons. The average molecular weight is 222 g/mol. The first kappa shape index (κ1) is 9.63.